The van der Waals surface area contributed by atoms with E-state index >= 15 is 0 Å². The molecule has 1 atom stereocenters. The molecule has 7 rings (SSSR count). The van der Waals surface area contributed by atoms with Gasteiger partial charge in [0.05, 0.1) is 24.6 Å². The molecule has 2 aliphatic rings. The Balaban J connectivity index is 1.19. The van der Waals surface area contributed by atoms with Gasteiger partial charge in [0.25, 0.3) is 5.91 Å². The number of carbonyl (C=O) groups is 1. The minimum atomic E-state index is -0.245. The maximum atomic E-state index is 14.1. The first-order valence-corrected chi connectivity index (χ1v) is 14.4. The summed E-state index contributed by atoms with van der Waals surface area (Å²) >= 11 is 0. The Morgan fingerprint density at radius 3 is 2.47 bits per heavy atom. The molecule has 2 aromatic heterocycles. The van der Waals surface area contributed by atoms with E-state index in [9.17, 15) is 9.90 Å². The first kappa shape index (κ1) is 27.0. The zero-order valence-electron chi connectivity index (χ0n) is 23.9. The SMILES string of the molecule is COc1ccc(-n2nc(Cn3ncnn3)c3c2C(=O)N(c2ccc(-c4ccccc4CN4CC[C@@H](O)C4)cc2)CC3)cc1. The van der Waals surface area contributed by atoms with Crippen molar-refractivity contribution in [2.45, 2.75) is 32.0 Å². The molecule has 0 unspecified atom stereocenters. The summed E-state index contributed by atoms with van der Waals surface area (Å²) in [5, 5.41) is 26.8. The predicted octanol–water partition coefficient (Wildman–Crippen LogP) is 3.35. The van der Waals surface area contributed by atoms with Gasteiger partial charge in [-0.05, 0) is 71.1 Å². The van der Waals surface area contributed by atoms with Gasteiger partial charge in [0.15, 0.2) is 6.33 Å². The third-order valence-corrected chi connectivity index (χ3v) is 8.25. The van der Waals surface area contributed by atoms with Crippen LogP contribution in [-0.2, 0) is 19.5 Å². The number of tetrazole rings is 1. The quantitative estimate of drug-likeness (QED) is 0.299. The fourth-order valence-corrected chi connectivity index (χ4v) is 6.07. The largest absolute Gasteiger partial charge is 0.497 e. The lowest BCUT2D eigenvalue weighted by molar-refractivity contribution is 0.0973. The summed E-state index contributed by atoms with van der Waals surface area (Å²) in [6.07, 6.45) is 2.61. The number of anilines is 1. The number of rotatable bonds is 8. The van der Waals surface area contributed by atoms with Crippen LogP contribution in [0.25, 0.3) is 16.8 Å². The molecule has 1 N–H and O–H groups in total. The van der Waals surface area contributed by atoms with Crippen molar-refractivity contribution in [3.63, 3.8) is 0 Å². The molecule has 4 heterocycles. The molecule has 11 nitrogen and oxygen atoms in total. The normalized spacial score (nSPS) is 16.9. The number of carbonyl (C=O) groups excluding carboxylic acids is 1. The Labute approximate surface area is 248 Å². The van der Waals surface area contributed by atoms with Crippen molar-refractivity contribution in [3.8, 4) is 22.6 Å². The molecule has 11 heteroatoms. The van der Waals surface area contributed by atoms with Crippen LogP contribution in [0.4, 0.5) is 5.69 Å². The molecule has 0 aliphatic carbocycles. The van der Waals surface area contributed by atoms with Crippen LogP contribution in [-0.4, -0.2) is 78.7 Å². The number of benzene rings is 3. The fraction of sp³-hybridized carbons (Fsp3) is 0.281. The van der Waals surface area contributed by atoms with E-state index < -0.39 is 0 Å². The third kappa shape index (κ3) is 5.28. The highest BCUT2D eigenvalue weighted by Gasteiger charge is 2.33. The van der Waals surface area contributed by atoms with Gasteiger partial charge in [-0.1, -0.05) is 36.4 Å². The first-order chi connectivity index (χ1) is 21.1. The molecule has 218 valence electrons. The van der Waals surface area contributed by atoms with Crippen LogP contribution in [0.5, 0.6) is 5.75 Å². The maximum absolute atomic E-state index is 14.1. The highest BCUT2D eigenvalue weighted by Crippen LogP contribution is 2.32. The summed E-state index contributed by atoms with van der Waals surface area (Å²) in [5.41, 5.74) is 7.25. The van der Waals surface area contributed by atoms with Gasteiger partial charge in [0.1, 0.15) is 18.0 Å². The van der Waals surface area contributed by atoms with E-state index in [0.29, 0.717) is 31.7 Å². The van der Waals surface area contributed by atoms with Crippen molar-refractivity contribution < 1.29 is 14.6 Å². The van der Waals surface area contributed by atoms with Gasteiger partial charge >= 0.3 is 0 Å². The van der Waals surface area contributed by atoms with Crippen molar-refractivity contribution in [1.29, 1.82) is 0 Å². The number of aromatic nitrogens is 6. The molecule has 3 aromatic carbocycles. The van der Waals surface area contributed by atoms with Crippen LogP contribution in [0.15, 0.2) is 79.1 Å². The summed E-state index contributed by atoms with van der Waals surface area (Å²) in [6.45, 7) is 3.26. The molecule has 0 spiro atoms. The van der Waals surface area contributed by atoms with Crippen LogP contribution >= 0.6 is 0 Å². The Morgan fingerprint density at radius 1 is 0.953 bits per heavy atom. The van der Waals surface area contributed by atoms with E-state index in [0.717, 1.165) is 59.0 Å². The third-order valence-electron chi connectivity index (χ3n) is 8.25. The number of amides is 1. The number of aliphatic hydroxyl groups excluding tert-OH is 1. The maximum Gasteiger partial charge on any atom is 0.277 e. The van der Waals surface area contributed by atoms with Crippen molar-refractivity contribution >= 4 is 11.6 Å². The standard InChI is InChI=1S/C32H32N8O3/c1-43-27-12-10-25(11-13-27)40-31-29(30(35-40)20-39-34-21-33-36-39)15-17-38(32(31)42)24-8-6-22(7-9-24)28-5-3-2-4-23(28)18-37-16-14-26(41)19-37/h2-13,21,26,41H,14-20H2,1H3/t26-/m1/s1. The van der Waals surface area contributed by atoms with Crippen molar-refractivity contribution in [2.24, 2.45) is 0 Å². The topological polar surface area (TPSA) is 114 Å². The molecular formula is C32H32N8O3. The second kappa shape index (κ2) is 11.4. The van der Waals surface area contributed by atoms with E-state index in [2.05, 4.69) is 50.6 Å². The second-order valence-corrected chi connectivity index (χ2v) is 10.9. The number of fused-ring (bicyclic) bond motifs is 1. The number of likely N-dealkylation sites (tertiary alicyclic amines) is 1. The van der Waals surface area contributed by atoms with Gasteiger partial charge in [-0.2, -0.15) is 9.90 Å². The number of aliphatic hydroxyl groups is 1. The lowest BCUT2D eigenvalue weighted by Crippen LogP contribution is -2.38. The Bertz CT molecular complexity index is 1730. The summed E-state index contributed by atoms with van der Waals surface area (Å²) in [7, 11) is 1.62. The summed E-state index contributed by atoms with van der Waals surface area (Å²) < 4.78 is 7.05. The van der Waals surface area contributed by atoms with Gasteiger partial charge in [0.2, 0.25) is 0 Å². The van der Waals surface area contributed by atoms with Gasteiger partial charge in [0, 0.05) is 37.4 Å². The highest BCUT2D eigenvalue weighted by atomic mass is 16.5. The predicted molar refractivity (Wildman–Crippen MR) is 160 cm³/mol. The molecule has 1 amide bonds. The van der Waals surface area contributed by atoms with Crippen LogP contribution in [0.3, 0.4) is 0 Å². The van der Waals surface area contributed by atoms with Crippen molar-refractivity contribution in [3.05, 3.63) is 102 Å². The molecule has 1 fully saturated rings. The minimum absolute atomic E-state index is 0.108. The number of methoxy groups -OCH3 is 1. The van der Waals surface area contributed by atoms with Crippen LogP contribution < -0.4 is 9.64 Å². The zero-order valence-corrected chi connectivity index (χ0v) is 23.9. The Hall–Kier alpha value is -4.87. The van der Waals surface area contributed by atoms with E-state index in [1.54, 1.807) is 11.8 Å². The molecule has 5 aromatic rings. The molecule has 43 heavy (non-hydrogen) atoms. The average molecular weight is 577 g/mol. The van der Waals surface area contributed by atoms with Crippen molar-refractivity contribution in [1.82, 2.24) is 34.9 Å². The lowest BCUT2D eigenvalue weighted by atomic mass is 9.98. The molecule has 0 bridgehead atoms. The molecular weight excluding hydrogens is 544 g/mol. The summed E-state index contributed by atoms with van der Waals surface area (Å²) in [4.78, 5) is 19.7. The molecule has 2 aliphatic heterocycles. The van der Waals surface area contributed by atoms with Crippen LogP contribution in [0, 0.1) is 0 Å². The highest BCUT2D eigenvalue weighted by molar-refractivity contribution is 6.07. The van der Waals surface area contributed by atoms with Gasteiger partial charge in [-0.3, -0.25) is 9.69 Å². The zero-order chi connectivity index (χ0) is 29.3. The number of ether oxygens (including phenoxy) is 1. The fourth-order valence-electron chi connectivity index (χ4n) is 6.07. The Kier molecular flexibility index (Phi) is 7.17. The molecule has 0 radical (unpaired) electrons. The van der Waals surface area contributed by atoms with Gasteiger partial charge in [-0.25, -0.2) is 4.68 Å². The summed E-state index contributed by atoms with van der Waals surface area (Å²) in [5.74, 6) is 0.618. The number of β-amino-alcohol motifs (C(OH)–C–C–N with tert-alkyl or cyclic N) is 1. The average Bonchev–Trinajstić information content (AvgIpc) is 3.79. The number of hydrogen-bond donors (Lipinski definition) is 1. The minimum Gasteiger partial charge on any atom is -0.497 e. The molecule has 0 saturated carbocycles. The smallest absolute Gasteiger partial charge is 0.277 e. The number of hydrogen-bond acceptors (Lipinski definition) is 8. The second-order valence-electron chi connectivity index (χ2n) is 10.9. The first-order valence-electron chi connectivity index (χ1n) is 14.4. The lowest BCUT2D eigenvalue weighted by Gasteiger charge is -2.28. The van der Waals surface area contributed by atoms with Gasteiger partial charge in [-0.15, -0.1) is 10.2 Å². The monoisotopic (exact) mass is 576 g/mol. The number of nitrogens with zero attached hydrogens (tertiary/aromatic N) is 8. The van der Waals surface area contributed by atoms with Crippen LogP contribution in [0.1, 0.15) is 33.7 Å². The van der Waals surface area contributed by atoms with E-state index in [1.165, 1.54) is 16.7 Å². The molecule has 1 saturated heterocycles. The Morgan fingerprint density at radius 2 is 1.74 bits per heavy atom. The van der Waals surface area contributed by atoms with Gasteiger partial charge < -0.3 is 14.7 Å². The summed E-state index contributed by atoms with van der Waals surface area (Å²) in [6, 6.07) is 24.1. The van der Waals surface area contributed by atoms with E-state index in [1.807, 2.05) is 47.4 Å². The van der Waals surface area contributed by atoms with Crippen molar-refractivity contribution in [2.75, 3.05) is 31.6 Å². The van der Waals surface area contributed by atoms with E-state index in [4.69, 9.17) is 9.84 Å². The van der Waals surface area contributed by atoms with Crippen LogP contribution in [0.2, 0.25) is 0 Å². The van der Waals surface area contributed by atoms with E-state index in [-0.39, 0.29) is 12.0 Å².